The minimum atomic E-state index is -0.733. The van der Waals surface area contributed by atoms with Crippen molar-refractivity contribution in [2.75, 3.05) is 0 Å². The van der Waals surface area contributed by atoms with Crippen molar-refractivity contribution in [3.05, 3.63) is 63.0 Å². The molecule has 1 aromatic rings. The molecule has 1 N–H and O–H groups in total. The molecule has 2 atom stereocenters. The Labute approximate surface area is 175 Å². The van der Waals surface area contributed by atoms with Crippen molar-refractivity contribution in [3.63, 3.8) is 0 Å². The van der Waals surface area contributed by atoms with Gasteiger partial charge in [-0.2, -0.15) is 0 Å². The molecule has 3 aliphatic rings. The fourth-order valence-corrected chi connectivity index (χ4v) is 4.93. The number of carbonyl (C=O) groups excluding carboxylic acids is 2. The van der Waals surface area contributed by atoms with Crippen LogP contribution in [0.4, 0.5) is 5.69 Å². The van der Waals surface area contributed by atoms with Crippen LogP contribution in [-0.2, 0) is 14.3 Å². The first-order chi connectivity index (χ1) is 14.5. The number of esters is 1. The summed E-state index contributed by atoms with van der Waals surface area (Å²) in [5.41, 5.74) is 1.94. The number of hydrogen-bond acceptors (Lipinski definition) is 6. The Balaban J connectivity index is 1.80. The van der Waals surface area contributed by atoms with Crippen LogP contribution in [0.3, 0.4) is 0 Å². The van der Waals surface area contributed by atoms with Crippen molar-refractivity contribution in [2.45, 2.75) is 63.9 Å². The summed E-state index contributed by atoms with van der Waals surface area (Å²) in [6, 6.07) is 6.38. The van der Waals surface area contributed by atoms with Gasteiger partial charge in [0.05, 0.1) is 16.4 Å². The van der Waals surface area contributed by atoms with E-state index in [0.717, 1.165) is 37.8 Å². The molecule has 7 heteroatoms. The number of para-hydroxylation sites is 1. The van der Waals surface area contributed by atoms with Crippen LogP contribution < -0.4 is 5.32 Å². The third-order valence-electron chi connectivity index (χ3n) is 6.33. The molecule has 4 rings (SSSR count). The van der Waals surface area contributed by atoms with Crippen LogP contribution >= 0.6 is 0 Å². The van der Waals surface area contributed by atoms with Crippen LogP contribution in [-0.4, -0.2) is 22.8 Å². The van der Waals surface area contributed by atoms with Crippen molar-refractivity contribution < 1.29 is 19.2 Å². The Morgan fingerprint density at radius 3 is 2.63 bits per heavy atom. The summed E-state index contributed by atoms with van der Waals surface area (Å²) in [6.45, 7) is 1.77. The predicted octanol–water partition coefficient (Wildman–Crippen LogP) is 4.29. The molecule has 2 aliphatic carbocycles. The minimum Gasteiger partial charge on any atom is -0.459 e. The normalized spacial score (nSPS) is 24.6. The number of allylic oxidation sites excluding steroid dienone is 3. The number of nitrogens with one attached hydrogen (secondary N) is 1. The Hall–Kier alpha value is -2.96. The molecule has 7 nitrogen and oxygen atoms in total. The van der Waals surface area contributed by atoms with Crippen molar-refractivity contribution >= 4 is 17.4 Å². The van der Waals surface area contributed by atoms with E-state index >= 15 is 0 Å². The molecule has 1 heterocycles. The van der Waals surface area contributed by atoms with Crippen LogP contribution in [0.2, 0.25) is 0 Å². The smallest absolute Gasteiger partial charge is 0.336 e. The lowest BCUT2D eigenvalue weighted by Crippen LogP contribution is -2.41. The molecule has 1 aliphatic heterocycles. The summed E-state index contributed by atoms with van der Waals surface area (Å²) in [5.74, 6) is -1.87. The maximum Gasteiger partial charge on any atom is 0.336 e. The summed E-state index contributed by atoms with van der Waals surface area (Å²) < 4.78 is 5.83. The van der Waals surface area contributed by atoms with Gasteiger partial charge in [-0.05, 0) is 39.0 Å². The van der Waals surface area contributed by atoms with Crippen LogP contribution in [0.25, 0.3) is 0 Å². The number of nitro groups is 1. The number of nitro benzene ring substituents is 1. The van der Waals surface area contributed by atoms with Gasteiger partial charge in [0, 0.05) is 35.4 Å². The Kier molecular flexibility index (Phi) is 5.70. The van der Waals surface area contributed by atoms with E-state index in [1.54, 1.807) is 25.1 Å². The van der Waals surface area contributed by atoms with Crippen LogP contribution in [0.15, 0.2) is 47.3 Å². The fourth-order valence-electron chi connectivity index (χ4n) is 4.93. The lowest BCUT2D eigenvalue weighted by atomic mass is 9.70. The van der Waals surface area contributed by atoms with Crippen LogP contribution in [0.5, 0.6) is 0 Å². The number of carbonyl (C=O) groups is 2. The molecule has 158 valence electrons. The molecule has 0 bridgehead atoms. The van der Waals surface area contributed by atoms with E-state index in [2.05, 4.69) is 5.32 Å². The van der Waals surface area contributed by atoms with Crippen LogP contribution in [0, 0.1) is 16.0 Å². The van der Waals surface area contributed by atoms with Gasteiger partial charge in [0.2, 0.25) is 0 Å². The highest BCUT2D eigenvalue weighted by atomic mass is 16.6. The topological polar surface area (TPSA) is 98.5 Å². The van der Waals surface area contributed by atoms with Crippen LogP contribution in [0.1, 0.15) is 63.4 Å². The number of fused-ring (bicyclic) bond motifs is 1. The maximum atomic E-state index is 13.3. The molecule has 1 aromatic carbocycles. The lowest BCUT2D eigenvalue weighted by molar-refractivity contribution is -0.385. The van der Waals surface area contributed by atoms with E-state index in [4.69, 9.17) is 4.74 Å². The zero-order valence-corrected chi connectivity index (χ0v) is 17.1. The third-order valence-corrected chi connectivity index (χ3v) is 6.33. The van der Waals surface area contributed by atoms with E-state index < -0.39 is 22.7 Å². The highest BCUT2D eigenvalue weighted by Gasteiger charge is 2.45. The van der Waals surface area contributed by atoms with Gasteiger partial charge < -0.3 is 10.1 Å². The summed E-state index contributed by atoms with van der Waals surface area (Å²) in [4.78, 5) is 37.5. The maximum absolute atomic E-state index is 13.3. The largest absolute Gasteiger partial charge is 0.459 e. The molecule has 0 saturated heterocycles. The Morgan fingerprint density at radius 2 is 1.90 bits per heavy atom. The van der Waals surface area contributed by atoms with Gasteiger partial charge in [0.15, 0.2) is 0 Å². The molecule has 0 aromatic heterocycles. The second-order valence-corrected chi connectivity index (χ2v) is 8.26. The first kappa shape index (κ1) is 20.3. The van der Waals surface area contributed by atoms with Gasteiger partial charge in [-0.25, -0.2) is 4.79 Å². The summed E-state index contributed by atoms with van der Waals surface area (Å²) in [7, 11) is 0. The molecule has 0 radical (unpaired) electrons. The number of ether oxygens (including phenoxy) is 1. The molecule has 1 saturated carbocycles. The monoisotopic (exact) mass is 410 g/mol. The van der Waals surface area contributed by atoms with E-state index in [-0.39, 0.29) is 17.6 Å². The minimum absolute atomic E-state index is 0.0152. The van der Waals surface area contributed by atoms with Gasteiger partial charge >= 0.3 is 5.97 Å². The van der Waals surface area contributed by atoms with Gasteiger partial charge in [-0.1, -0.05) is 30.7 Å². The summed E-state index contributed by atoms with van der Waals surface area (Å²) in [6.07, 6.45) is 7.64. The lowest BCUT2D eigenvalue weighted by Gasteiger charge is -2.38. The average Bonchev–Trinajstić information content (AvgIpc) is 2.73. The second kappa shape index (κ2) is 8.42. The highest BCUT2D eigenvalue weighted by Crippen LogP contribution is 2.46. The number of Topliss-reactive ketones (excluding diaryl/α,β-unsaturated/α-hetero) is 1. The molecule has 0 spiro atoms. The average molecular weight is 410 g/mol. The fraction of sp³-hybridized carbons (Fsp3) is 0.478. The zero-order chi connectivity index (χ0) is 21.3. The van der Waals surface area contributed by atoms with Crippen molar-refractivity contribution in [2.24, 2.45) is 5.92 Å². The number of benzene rings is 1. The van der Waals surface area contributed by atoms with Crippen molar-refractivity contribution in [1.82, 2.24) is 5.32 Å². The number of rotatable bonds is 4. The van der Waals surface area contributed by atoms with E-state index in [1.165, 1.54) is 6.07 Å². The van der Waals surface area contributed by atoms with Gasteiger partial charge in [0.1, 0.15) is 11.9 Å². The SMILES string of the molecule is CC1=C(C(=O)OC2CCCCC2)C(c2ccccc2[N+](=O)[O-])C2C(=O)CCC=C2N1. The highest BCUT2D eigenvalue weighted by molar-refractivity contribution is 5.96. The van der Waals surface area contributed by atoms with E-state index in [1.807, 2.05) is 6.08 Å². The molecule has 0 amide bonds. The number of hydrogen-bond donors (Lipinski definition) is 1. The van der Waals surface area contributed by atoms with Gasteiger partial charge in [-0.15, -0.1) is 0 Å². The molecule has 1 fully saturated rings. The molecule has 30 heavy (non-hydrogen) atoms. The first-order valence-electron chi connectivity index (χ1n) is 10.6. The standard InChI is InChI=1S/C23H26N2O5/c1-14-20(23(27)30-15-8-3-2-4-9-15)21(16-10-5-6-12-18(16)25(28)29)22-17(24-14)11-7-13-19(22)26/h5-6,10-12,15,21-22,24H,2-4,7-9,13H2,1H3. The van der Waals surface area contributed by atoms with Gasteiger partial charge in [0.25, 0.3) is 5.69 Å². The Morgan fingerprint density at radius 1 is 1.17 bits per heavy atom. The van der Waals surface area contributed by atoms with Crippen molar-refractivity contribution in [3.8, 4) is 0 Å². The Bertz CT molecular complexity index is 943. The van der Waals surface area contributed by atoms with E-state index in [0.29, 0.717) is 29.7 Å². The third kappa shape index (κ3) is 3.76. The number of nitrogens with zero attached hydrogens (tertiary/aromatic N) is 1. The molecular formula is C23H26N2O5. The number of ketones is 1. The quantitative estimate of drug-likeness (QED) is 0.452. The van der Waals surface area contributed by atoms with E-state index in [9.17, 15) is 19.7 Å². The summed E-state index contributed by atoms with van der Waals surface area (Å²) >= 11 is 0. The summed E-state index contributed by atoms with van der Waals surface area (Å²) in [5, 5.41) is 15.0. The molecule has 2 unspecified atom stereocenters. The molecular weight excluding hydrogens is 384 g/mol. The van der Waals surface area contributed by atoms with Crippen molar-refractivity contribution in [1.29, 1.82) is 0 Å². The zero-order valence-electron chi connectivity index (χ0n) is 17.1. The predicted molar refractivity (Wildman–Crippen MR) is 110 cm³/mol. The second-order valence-electron chi connectivity index (χ2n) is 8.26. The van der Waals surface area contributed by atoms with Gasteiger partial charge in [-0.3, -0.25) is 14.9 Å². The first-order valence-corrected chi connectivity index (χ1v) is 10.6.